The van der Waals surface area contributed by atoms with E-state index in [1.807, 2.05) is 0 Å². The predicted molar refractivity (Wildman–Crippen MR) is 72.1 cm³/mol. The fourth-order valence-corrected chi connectivity index (χ4v) is 2.33. The number of anilines is 1. The van der Waals surface area contributed by atoms with Crippen LogP contribution in [0.4, 0.5) is 18.9 Å². The summed E-state index contributed by atoms with van der Waals surface area (Å²) >= 11 is 5.85. The van der Waals surface area contributed by atoms with E-state index in [9.17, 15) is 18.0 Å². The molecule has 1 aliphatic rings. The average molecular weight is 323 g/mol. The van der Waals surface area contributed by atoms with Gasteiger partial charge in [0, 0.05) is 26.2 Å². The maximum absolute atomic E-state index is 12.3. The molecule has 0 spiro atoms. The Bertz CT molecular complexity index is 530. The van der Waals surface area contributed by atoms with Crippen LogP contribution in [0.1, 0.15) is 10.4 Å². The first kappa shape index (κ1) is 15.8. The van der Waals surface area contributed by atoms with Crippen LogP contribution in [0.5, 0.6) is 0 Å². The van der Waals surface area contributed by atoms with Gasteiger partial charge in [0.1, 0.15) is 5.15 Å². The molecule has 2 N–H and O–H groups in total. The van der Waals surface area contributed by atoms with Crippen LogP contribution in [0, 0.1) is 0 Å². The Morgan fingerprint density at radius 3 is 2.52 bits per heavy atom. The second-order valence-electron chi connectivity index (χ2n) is 4.79. The van der Waals surface area contributed by atoms with Crippen molar-refractivity contribution in [2.75, 3.05) is 38.5 Å². The van der Waals surface area contributed by atoms with Gasteiger partial charge in [-0.15, -0.1) is 0 Å². The SMILES string of the molecule is Nc1cnc(Cl)c(C(=O)N2CCN(CC(F)(F)F)CC2)c1. The number of nitrogen functional groups attached to an aromatic ring is 1. The number of nitrogens with two attached hydrogens (primary N) is 1. The van der Waals surface area contributed by atoms with Crippen LogP contribution in [0.2, 0.25) is 5.15 Å². The highest BCUT2D eigenvalue weighted by atomic mass is 35.5. The molecule has 0 aliphatic carbocycles. The molecule has 5 nitrogen and oxygen atoms in total. The highest BCUT2D eigenvalue weighted by molar-refractivity contribution is 6.32. The molecule has 2 heterocycles. The number of carbonyl (C=O) groups is 1. The molecule has 0 unspecified atom stereocenters. The van der Waals surface area contributed by atoms with E-state index in [2.05, 4.69) is 4.98 Å². The Kier molecular flexibility index (Phi) is 4.58. The quantitative estimate of drug-likeness (QED) is 0.841. The van der Waals surface area contributed by atoms with Crippen LogP contribution in [-0.4, -0.2) is 59.6 Å². The topological polar surface area (TPSA) is 62.5 Å². The van der Waals surface area contributed by atoms with Crippen LogP contribution >= 0.6 is 11.6 Å². The van der Waals surface area contributed by atoms with Crippen LogP contribution in [0.25, 0.3) is 0 Å². The summed E-state index contributed by atoms with van der Waals surface area (Å²) < 4.78 is 36.9. The molecule has 0 saturated carbocycles. The van der Waals surface area contributed by atoms with E-state index in [0.717, 1.165) is 0 Å². The Hall–Kier alpha value is -1.54. The summed E-state index contributed by atoms with van der Waals surface area (Å²) in [6.45, 7) is -0.215. The van der Waals surface area contributed by atoms with Crippen LogP contribution in [-0.2, 0) is 0 Å². The van der Waals surface area contributed by atoms with Gasteiger partial charge in [-0.3, -0.25) is 9.69 Å². The van der Waals surface area contributed by atoms with Crippen LogP contribution in [0.3, 0.4) is 0 Å². The highest BCUT2D eigenvalue weighted by Gasteiger charge is 2.33. The molecule has 1 aliphatic heterocycles. The van der Waals surface area contributed by atoms with Crippen molar-refractivity contribution >= 4 is 23.2 Å². The Balaban J connectivity index is 1.99. The average Bonchev–Trinajstić information content (AvgIpc) is 2.40. The normalized spacial score (nSPS) is 17.0. The minimum absolute atomic E-state index is 0.0342. The van der Waals surface area contributed by atoms with Crippen LogP contribution < -0.4 is 5.73 Å². The molecule has 0 aromatic carbocycles. The number of halogens is 4. The van der Waals surface area contributed by atoms with Gasteiger partial charge in [-0.25, -0.2) is 4.98 Å². The molecule has 1 aromatic rings. The monoisotopic (exact) mass is 322 g/mol. The van der Waals surface area contributed by atoms with E-state index in [-0.39, 0.29) is 42.8 Å². The smallest absolute Gasteiger partial charge is 0.397 e. The zero-order chi connectivity index (χ0) is 15.6. The van der Waals surface area contributed by atoms with Crippen LogP contribution in [0.15, 0.2) is 12.3 Å². The first-order valence-corrected chi connectivity index (χ1v) is 6.63. The molecule has 1 saturated heterocycles. The second kappa shape index (κ2) is 6.07. The molecule has 1 aromatic heterocycles. The minimum atomic E-state index is -4.23. The minimum Gasteiger partial charge on any atom is -0.397 e. The summed E-state index contributed by atoms with van der Waals surface area (Å²) in [5, 5.41) is 0.0342. The number of alkyl halides is 3. The number of aromatic nitrogens is 1. The lowest BCUT2D eigenvalue weighted by molar-refractivity contribution is -0.148. The number of hydrogen-bond acceptors (Lipinski definition) is 4. The van der Waals surface area contributed by atoms with Crippen molar-refractivity contribution in [3.8, 4) is 0 Å². The van der Waals surface area contributed by atoms with Gasteiger partial charge < -0.3 is 10.6 Å². The molecule has 0 bridgehead atoms. The van der Waals surface area contributed by atoms with Crippen molar-refractivity contribution in [1.82, 2.24) is 14.8 Å². The fraction of sp³-hybridized carbons (Fsp3) is 0.500. The first-order valence-electron chi connectivity index (χ1n) is 6.25. The number of hydrogen-bond donors (Lipinski definition) is 1. The number of amides is 1. The van der Waals surface area contributed by atoms with Crippen molar-refractivity contribution in [1.29, 1.82) is 0 Å². The van der Waals surface area contributed by atoms with E-state index in [1.54, 1.807) is 0 Å². The lowest BCUT2D eigenvalue weighted by atomic mass is 10.2. The molecule has 1 fully saturated rings. The van der Waals surface area contributed by atoms with Crippen molar-refractivity contribution in [2.24, 2.45) is 0 Å². The van der Waals surface area contributed by atoms with Gasteiger partial charge in [0.05, 0.1) is 24.0 Å². The number of piperazine rings is 1. The van der Waals surface area contributed by atoms with Gasteiger partial charge in [0.2, 0.25) is 0 Å². The summed E-state index contributed by atoms with van der Waals surface area (Å²) in [5.41, 5.74) is 6.03. The van der Waals surface area contributed by atoms with Gasteiger partial charge >= 0.3 is 6.18 Å². The summed E-state index contributed by atoms with van der Waals surface area (Å²) in [4.78, 5) is 18.8. The molecule has 1 amide bonds. The van der Waals surface area contributed by atoms with Crippen molar-refractivity contribution in [2.45, 2.75) is 6.18 Å². The summed E-state index contributed by atoms with van der Waals surface area (Å²) in [6, 6.07) is 1.42. The molecule has 9 heteroatoms. The van der Waals surface area contributed by atoms with Gasteiger partial charge in [0.15, 0.2) is 0 Å². The van der Waals surface area contributed by atoms with Gasteiger partial charge in [-0.2, -0.15) is 13.2 Å². The van der Waals surface area contributed by atoms with E-state index in [0.29, 0.717) is 5.69 Å². The Morgan fingerprint density at radius 2 is 1.95 bits per heavy atom. The van der Waals surface area contributed by atoms with E-state index < -0.39 is 12.7 Å². The first-order chi connectivity index (χ1) is 9.76. The summed E-state index contributed by atoms with van der Waals surface area (Å²) in [6.07, 6.45) is -2.90. The van der Waals surface area contributed by atoms with Crippen molar-refractivity contribution < 1.29 is 18.0 Å². The summed E-state index contributed by atoms with van der Waals surface area (Å²) in [7, 11) is 0. The third-order valence-corrected chi connectivity index (χ3v) is 3.45. The number of pyridine rings is 1. The lowest BCUT2D eigenvalue weighted by Gasteiger charge is -2.35. The number of nitrogens with zero attached hydrogens (tertiary/aromatic N) is 3. The summed E-state index contributed by atoms with van der Waals surface area (Å²) in [5.74, 6) is -0.369. The standard InChI is InChI=1S/C12H14ClF3N4O/c13-10-9(5-8(17)6-18-10)11(21)20-3-1-19(2-4-20)7-12(14,15)16/h5-6H,1-4,7,17H2. The zero-order valence-corrected chi connectivity index (χ0v) is 11.8. The maximum Gasteiger partial charge on any atom is 0.401 e. The van der Waals surface area contributed by atoms with Gasteiger partial charge in [0.25, 0.3) is 5.91 Å². The van der Waals surface area contributed by atoms with Crippen molar-refractivity contribution in [3.05, 3.63) is 23.0 Å². The fourth-order valence-electron chi connectivity index (χ4n) is 2.15. The largest absolute Gasteiger partial charge is 0.401 e. The zero-order valence-electron chi connectivity index (χ0n) is 11.0. The highest BCUT2D eigenvalue weighted by Crippen LogP contribution is 2.20. The molecular weight excluding hydrogens is 309 g/mol. The second-order valence-corrected chi connectivity index (χ2v) is 5.15. The lowest BCUT2D eigenvalue weighted by Crippen LogP contribution is -2.51. The molecule has 2 rings (SSSR count). The van der Waals surface area contributed by atoms with Gasteiger partial charge in [-0.05, 0) is 6.07 Å². The maximum atomic E-state index is 12.3. The third kappa shape index (κ3) is 4.21. The Labute approximate surface area is 124 Å². The van der Waals surface area contributed by atoms with Crippen molar-refractivity contribution in [3.63, 3.8) is 0 Å². The third-order valence-electron chi connectivity index (χ3n) is 3.15. The molecule has 0 radical (unpaired) electrons. The predicted octanol–water partition coefficient (Wildman–Crippen LogP) is 1.64. The number of carbonyl (C=O) groups excluding carboxylic acids is 1. The van der Waals surface area contributed by atoms with E-state index >= 15 is 0 Å². The Morgan fingerprint density at radius 1 is 1.33 bits per heavy atom. The van der Waals surface area contributed by atoms with Gasteiger partial charge in [-0.1, -0.05) is 11.6 Å². The molecular formula is C12H14ClF3N4O. The van der Waals surface area contributed by atoms with E-state index in [4.69, 9.17) is 17.3 Å². The molecule has 116 valence electrons. The number of rotatable bonds is 2. The molecule has 0 atom stereocenters. The molecule has 21 heavy (non-hydrogen) atoms. The van der Waals surface area contributed by atoms with E-state index in [1.165, 1.54) is 22.1 Å².